The number of carbonyl (C=O) groups is 1. The van der Waals surface area contributed by atoms with Crippen LogP contribution in [0.3, 0.4) is 0 Å². The van der Waals surface area contributed by atoms with Crippen molar-refractivity contribution in [2.24, 2.45) is 5.92 Å². The van der Waals surface area contributed by atoms with E-state index in [9.17, 15) is 9.90 Å². The molecule has 1 aliphatic carbocycles. The molecule has 1 amide bonds. The Morgan fingerprint density at radius 2 is 2.04 bits per heavy atom. The minimum atomic E-state index is -0.242. The number of H-pyrrole nitrogens is 1. The number of rotatable bonds is 5. The third kappa shape index (κ3) is 3.48. The van der Waals surface area contributed by atoms with Crippen LogP contribution < -0.4 is 5.32 Å². The zero-order valence-corrected chi connectivity index (χ0v) is 14.8. The largest absolute Gasteiger partial charge is 0.393 e. The van der Waals surface area contributed by atoms with Crippen LogP contribution in [-0.4, -0.2) is 27.1 Å². The Labute approximate surface area is 152 Å². The van der Waals surface area contributed by atoms with E-state index in [1.165, 1.54) is 0 Å². The number of imidazole rings is 1. The molecule has 1 saturated carbocycles. The van der Waals surface area contributed by atoms with Gasteiger partial charge in [-0.25, -0.2) is 4.98 Å². The fourth-order valence-electron chi connectivity index (χ4n) is 3.74. The molecule has 0 aliphatic heterocycles. The van der Waals surface area contributed by atoms with Gasteiger partial charge < -0.3 is 15.4 Å². The monoisotopic (exact) mass is 349 g/mol. The zero-order chi connectivity index (χ0) is 18.1. The maximum absolute atomic E-state index is 12.7. The van der Waals surface area contributed by atoms with Crippen LogP contribution >= 0.6 is 0 Å². The van der Waals surface area contributed by atoms with Gasteiger partial charge in [0.05, 0.1) is 29.6 Å². The molecule has 5 heteroatoms. The molecule has 1 aromatic heterocycles. The maximum Gasteiger partial charge on any atom is 0.224 e. The van der Waals surface area contributed by atoms with E-state index < -0.39 is 0 Å². The number of nitrogens with one attached hydrogen (secondary N) is 2. The van der Waals surface area contributed by atoms with Crippen LogP contribution in [0.2, 0.25) is 0 Å². The molecule has 1 atom stereocenters. The van der Waals surface area contributed by atoms with E-state index in [2.05, 4.69) is 15.3 Å². The lowest BCUT2D eigenvalue weighted by Crippen LogP contribution is -2.41. The van der Waals surface area contributed by atoms with Crippen LogP contribution in [0.15, 0.2) is 48.5 Å². The van der Waals surface area contributed by atoms with Gasteiger partial charge in [0.2, 0.25) is 5.91 Å². The molecule has 0 radical (unpaired) electrons. The van der Waals surface area contributed by atoms with Crippen LogP contribution in [-0.2, 0) is 11.2 Å². The van der Waals surface area contributed by atoms with E-state index in [0.717, 1.165) is 40.8 Å². The SMILES string of the molecule is Cc1nc2ccc(CC(=O)NC(c3ccccc3)C3CC(O)C3)cc2[nH]1. The molecule has 134 valence electrons. The number of nitrogens with zero attached hydrogens (tertiary/aromatic N) is 1. The van der Waals surface area contributed by atoms with Crippen molar-refractivity contribution in [1.82, 2.24) is 15.3 Å². The predicted octanol–water partition coefficient (Wildman–Crippen LogP) is 3.04. The van der Waals surface area contributed by atoms with Gasteiger partial charge in [-0.3, -0.25) is 4.79 Å². The van der Waals surface area contributed by atoms with Crippen LogP contribution in [0.4, 0.5) is 0 Å². The van der Waals surface area contributed by atoms with E-state index in [1.807, 2.05) is 55.5 Å². The van der Waals surface area contributed by atoms with E-state index in [4.69, 9.17) is 0 Å². The summed E-state index contributed by atoms with van der Waals surface area (Å²) in [4.78, 5) is 20.3. The number of amides is 1. The highest BCUT2D eigenvalue weighted by atomic mass is 16.3. The summed E-state index contributed by atoms with van der Waals surface area (Å²) < 4.78 is 0. The van der Waals surface area contributed by atoms with Crippen molar-refractivity contribution in [2.75, 3.05) is 0 Å². The Bertz CT molecular complexity index is 913. The van der Waals surface area contributed by atoms with Crippen LogP contribution in [0, 0.1) is 12.8 Å². The molecule has 0 saturated heterocycles. The smallest absolute Gasteiger partial charge is 0.224 e. The first-order chi connectivity index (χ1) is 12.6. The van der Waals surface area contributed by atoms with E-state index in [0.29, 0.717) is 6.42 Å². The quantitative estimate of drug-likeness (QED) is 0.662. The van der Waals surface area contributed by atoms with Gasteiger partial charge in [-0.05, 0) is 48.9 Å². The second-order valence-corrected chi connectivity index (χ2v) is 7.19. The fourth-order valence-corrected chi connectivity index (χ4v) is 3.74. The van der Waals surface area contributed by atoms with Crippen molar-refractivity contribution in [1.29, 1.82) is 0 Å². The second kappa shape index (κ2) is 6.92. The summed E-state index contributed by atoms with van der Waals surface area (Å²) in [5, 5.41) is 12.8. The molecule has 26 heavy (non-hydrogen) atoms. The second-order valence-electron chi connectivity index (χ2n) is 7.19. The minimum absolute atomic E-state index is 0.00386. The number of benzene rings is 2. The highest BCUT2D eigenvalue weighted by Gasteiger charge is 2.35. The normalized spacial score (nSPS) is 20.5. The van der Waals surface area contributed by atoms with Crippen molar-refractivity contribution in [3.05, 3.63) is 65.5 Å². The third-order valence-electron chi connectivity index (χ3n) is 5.13. The molecule has 2 aromatic carbocycles. The fraction of sp³-hybridized carbons (Fsp3) is 0.333. The molecule has 1 fully saturated rings. The lowest BCUT2D eigenvalue weighted by Gasteiger charge is -2.38. The standard InChI is InChI=1S/C21H23N3O2/c1-13-22-18-8-7-14(9-19(18)23-13)10-20(26)24-21(16-11-17(25)12-16)15-5-3-2-4-6-15/h2-9,16-17,21,25H,10-12H2,1H3,(H,22,23)(H,24,26). The summed E-state index contributed by atoms with van der Waals surface area (Å²) in [6.07, 6.45) is 1.56. The summed E-state index contributed by atoms with van der Waals surface area (Å²) in [7, 11) is 0. The average Bonchev–Trinajstić information content (AvgIpc) is 2.97. The zero-order valence-electron chi connectivity index (χ0n) is 14.8. The third-order valence-corrected chi connectivity index (χ3v) is 5.13. The number of aromatic amines is 1. The summed E-state index contributed by atoms with van der Waals surface area (Å²) in [5.41, 5.74) is 3.92. The maximum atomic E-state index is 12.7. The van der Waals surface area contributed by atoms with Gasteiger partial charge in [0, 0.05) is 0 Å². The van der Waals surface area contributed by atoms with Crippen molar-refractivity contribution >= 4 is 16.9 Å². The number of aromatic nitrogens is 2. The average molecular weight is 349 g/mol. The minimum Gasteiger partial charge on any atom is -0.393 e. The summed E-state index contributed by atoms with van der Waals surface area (Å²) >= 11 is 0. The molecule has 5 nitrogen and oxygen atoms in total. The van der Waals surface area contributed by atoms with Crippen LogP contribution in [0.1, 0.15) is 35.8 Å². The highest BCUT2D eigenvalue weighted by molar-refractivity contribution is 5.82. The summed E-state index contributed by atoms with van der Waals surface area (Å²) in [5.74, 6) is 1.15. The van der Waals surface area contributed by atoms with Crippen LogP contribution in [0.25, 0.3) is 11.0 Å². The summed E-state index contributed by atoms with van der Waals surface area (Å²) in [6.45, 7) is 1.92. The Morgan fingerprint density at radius 1 is 1.27 bits per heavy atom. The number of aryl methyl sites for hydroxylation is 1. The highest BCUT2D eigenvalue weighted by Crippen LogP contribution is 2.38. The topological polar surface area (TPSA) is 78.0 Å². The Morgan fingerprint density at radius 3 is 2.77 bits per heavy atom. The van der Waals surface area contributed by atoms with Gasteiger partial charge in [-0.2, -0.15) is 0 Å². The Hall–Kier alpha value is -2.66. The molecule has 1 unspecified atom stereocenters. The van der Waals surface area contributed by atoms with Crippen molar-refractivity contribution in [3.63, 3.8) is 0 Å². The van der Waals surface area contributed by atoms with Crippen molar-refractivity contribution in [3.8, 4) is 0 Å². The molecule has 1 heterocycles. The van der Waals surface area contributed by atoms with Gasteiger partial charge in [0.25, 0.3) is 0 Å². The molecule has 0 spiro atoms. The van der Waals surface area contributed by atoms with E-state index in [1.54, 1.807) is 0 Å². The lowest BCUT2D eigenvalue weighted by molar-refractivity contribution is -0.122. The molecule has 1 aliphatic rings. The molecule has 3 N–H and O–H groups in total. The number of carbonyl (C=O) groups excluding carboxylic acids is 1. The first-order valence-electron chi connectivity index (χ1n) is 9.06. The summed E-state index contributed by atoms with van der Waals surface area (Å²) in [6, 6.07) is 15.8. The number of fused-ring (bicyclic) bond motifs is 1. The predicted molar refractivity (Wildman–Crippen MR) is 101 cm³/mol. The van der Waals surface area contributed by atoms with Crippen molar-refractivity contribution in [2.45, 2.75) is 38.3 Å². The molecule has 3 aromatic rings. The van der Waals surface area contributed by atoms with Crippen LogP contribution in [0.5, 0.6) is 0 Å². The first kappa shape index (κ1) is 16.8. The molecule has 0 bridgehead atoms. The molecular weight excluding hydrogens is 326 g/mol. The molecular formula is C21H23N3O2. The number of aliphatic hydroxyl groups excluding tert-OH is 1. The Balaban J connectivity index is 1.48. The van der Waals surface area contributed by atoms with Gasteiger partial charge in [0.15, 0.2) is 0 Å². The first-order valence-corrected chi connectivity index (χ1v) is 9.06. The number of hydrogen-bond donors (Lipinski definition) is 3. The number of aliphatic hydroxyl groups is 1. The van der Waals surface area contributed by atoms with Crippen molar-refractivity contribution < 1.29 is 9.90 Å². The molecule has 4 rings (SSSR count). The van der Waals surface area contributed by atoms with E-state index in [-0.39, 0.29) is 24.0 Å². The van der Waals surface area contributed by atoms with Gasteiger partial charge in [0.1, 0.15) is 5.82 Å². The van der Waals surface area contributed by atoms with E-state index >= 15 is 0 Å². The van der Waals surface area contributed by atoms with Gasteiger partial charge >= 0.3 is 0 Å². The Kier molecular flexibility index (Phi) is 4.47. The number of hydrogen-bond acceptors (Lipinski definition) is 3. The van der Waals surface area contributed by atoms with Gasteiger partial charge in [-0.1, -0.05) is 36.4 Å². The lowest BCUT2D eigenvalue weighted by atomic mass is 9.75. The van der Waals surface area contributed by atoms with Gasteiger partial charge in [-0.15, -0.1) is 0 Å².